The highest BCUT2D eigenvalue weighted by Gasteiger charge is 2.50. The number of aromatic amines is 1. The minimum atomic E-state index is -4.71. The first-order valence-corrected chi connectivity index (χ1v) is 27.9. The first-order chi connectivity index (χ1) is 36.9. The van der Waals surface area contributed by atoms with Crippen molar-refractivity contribution in [2.24, 2.45) is 11.3 Å². The Morgan fingerprint density at radius 2 is 1.73 bits per heavy atom. The molecular formula is C56H67FN10O9S. The van der Waals surface area contributed by atoms with E-state index in [4.69, 9.17) is 19.2 Å². The number of pyridine rings is 3. The summed E-state index contributed by atoms with van der Waals surface area (Å²) in [6, 6.07) is 20.6. The smallest absolute Gasteiger partial charge is 0.312 e. The van der Waals surface area contributed by atoms with E-state index in [2.05, 4.69) is 77.8 Å². The number of nitrogens with zero attached hydrogens (tertiary/aromatic N) is 7. The maximum absolute atomic E-state index is 14.7. The molecule has 4 fully saturated rings. The molecule has 1 atom stereocenters. The second kappa shape index (κ2) is 21.8. The number of piperidine rings is 1. The summed E-state index contributed by atoms with van der Waals surface area (Å²) in [7, 11) is -1.50. The number of nitro groups is 1. The van der Waals surface area contributed by atoms with Gasteiger partial charge in [0.25, 0.3) is 21.8 Å². The number of carbonyl (C=O) groups is 1. The number of sulfonamides is 1. The lowest BCUT2D eigenvalue weighted by atomic mass is 9.59. The molecule has 77 heavy (non-hydrogen) atoms. The van der Waals surface area contributed by atoms with Crippen molar-refractivity contribution in [3.63, 3.8) is 0 Å². The first-order valence-electron chi connectivity index (χ1n) is 26.4. The van der Waals surface area contributed by atoms with Crippen molar-refractivity contribution in [1.82, 2.24) is 34.5 Å². The molecule has 4 aromatic heterocycles. The van der Waals surface area contributed by atoms with Crippen LogP contribution in [0.5, 0.6) is 23.1 Å². The molecule has 0 unspecified atom stereocenters. The van der Waals surface area contributed by atoms with Gasteiger partial charge in [-0.15, -0.1) is 0 Å². The van der Waals surface area contributed by atoms with Crippen LogP contribution in [-0.4, -0.2) is 119 Å². The Bertz CT molecular complexity index is 3260. The molecule has 10 rings (SSSR count). The zero-order valence-electron chi connectivity index (χ0n) is 44.1. The number of anilines is 2. The van der Waals surface area contributed by atoms with Crippen molar-refractivity contribution in [2.75, 3.05) is 63.7 Å². The van der Waals surface area contributed by atoms with Crippen LogP contribution in [0.3, 0.4) is 0 Å². The molecule has 21 heteroatoms. The van der Waals surface area contributed by atoms with Crippen LogP contribution in [0.4, 0.5) is 21.6 Å². The summed E-state index contributed by atoms with van der Waals surface area (Å²) in [5.41, 5.74) is 3.40. The lowest BCUT2D eigenvalue weighted by Crippen LogP contribution is -2.60. The van der Waals surface area contributed by atoms with Gasteiger partial charge in [-0.1, -0.05) is 38.1 Å². The van der Waals surface area contributed by atoms with E-state index < -0.39 is 42.9 Å². The van der Waals surface area contributed by atoms with Crippen molar-refractivity contribution < 1.29 is 41.8 Å². The molecule has 0 radical (unpaired) electrons. The molecule has 4 N–H and O–H groups in total. The lowest BCUT2D eigenvalue weighted by Gasteiger charge is -2.58. The van der Waals surface area contributed by atoms with Crippen LogP contribution in [-0.2, 0) is 16.6 Å². The normalized spacial score (nSPS) is 21.2. The van der Waals surface area contributed by atoms with Gasteiger partial charge in [-0.05, 0) is 117 Å². The fourth-order valence-corrected chi connectivity index (χ4v) is 12.8. The van der Waals surface area contributed by atoms with Crippen molar-refractivity contribution in [3.8, 4) is 23.1 Å². The number of fused-ring (bicyclic) bond motifs is 1. The van der Waals surface area contributed by atoms with Gasteiger partial charge in [0.1, 0.15) is 27.9 Å². The van der Waals surface area contributed by atoms with Crippen LogP contribution in [0, 0.1) is 27.3 Å². The van der Waals surface area contributed by atoms with E-state index in [1.165, 1.54) is 35.7 Å². The van der Waals surface area contributed by atoms with Crippen LogP contribution < -0.4 is 29.1 Å². The summed E-state index contributed by atoms with van der Waals surface area (Å²) in [4.78, 5) is 48.4. The molecule has 0 bridgehead atoms. The number of amides is 1. The van der Waals surface area contributed by atoms with Crippen LogP contribution in [0.15, 0.2) is 90.2 Å². The summed E-state index contributed by atoms with van der Waals surface area (Å²) in [5, 5.41) is 25.7. The fourth-order valence-electron chi connectivity index (χ4n) is 11.9. The zero-order chi connectivity index (χ0) is 54.2. The quantitative estimate of drug-likeness (QED) is 0.0493. The lowest BCUT2D eigenvalue weighted by molar-refractivity contribution is -0.384. The predicted octanol–water partition coefficient (Wildman–Crippen LogP) is 9.11. The largest absolute Gasteiger partial charge is 0.491 e. The number of hydrogen-bond donors (Lipinski definition) is 4. The topological polar surface area (TPSA) is 231 Å². The standard InChI is InChI=1S/C56H67FN10O9S/c1-35(2)42-8-6-7-9-43(42)48-34-64(33-37-10-13-49(74-4)54(62-37)75-5)22-23-66(48)39-27-56(28-39)18-20-65(21-19-56)38-11-12-44(50(24-38)76-40-25-45-46(57)32-61-51(45)59-30-40)53(68)63-77(72,73)41-26-47(67(70)71)52(60-31-41)58-29-36-14-16-55(3,69)17-15-36/h6-13,24-26,30-32,35-36,39,48,69H,14-23,27-29,33-34H2,1-5H3,(H,58,60)(H,59,61)(H,63,68)/t36?,48-,55?/m0/s1. The molecule has 2 aromatic carbocycles. The van der Waals surface area contributed by atoms with Gasteiger partial charge < -0.3 is 34.5 Å². The van der Waals surface area contributed by atoms with E-state index in [0.29, 0.717) is 68.0 Å². The Morgan fingerprint density at radius 3 is 2.45 bits per heavy atom. The molecule has 6 heterocycles. The maximum Gasteiger partial charge on any atom is 0.312 e. The number of benzene rings is 2. The van der Waals surface area contributed by atoms with Gasteiger partial charge in [0.05, 0.1) is 53.8 Å². The Morgan fingerprint density at radius 1 is 0.961 bits per heavy atom. The number of aromatic nitrogens is 4. The molecule has 2 saturated carbocycles. The van der Waals surface area contributed by atoms with Crippen molar-refractivity contribution >= 4 is 44.2 Å². The average Bonchev–Trinajstić information content (AvgIpc) is 3.82. The molecule has 4 aliphatic rings. The van der Waals surface area contributed by atoms with Gasteiger partial charge in [0.2, 0.25) is 5.82 Å². The van der Waals surface area contributed by atoms with E-state index in [-0.39, 0.29) is 45.6 Å². The number of H-pyrrole nitrogens is 1. The number of methoxy groups -OCH3 is 2. The molecule has 2 aliphatic heterocycles. The van der Waals surface area contributed by atoms with Gasteiger partial charge in [-0.25, -0.2) is 32.5 Å². The number of aliphatic hydroxyl groups is 1. The highest BCUT2D eigenvalue weighted by Crippen LogP contribution is 2.53. The van der Waals surface area contributed by atoms with E-state index >= 15 is 0 Å². The molecular weight excluding hydrogens is 1010 g/mol. The fraction of sp³-hybridized carbons (Fsp3) is 0.464. The molecule has 2 saturated heterocycles. The Balaban J connectivity index is 0.838. The maximum atomic E-state index is 14.7. The second-order valence-corrected chi connectivity index (χ2v) is 23.6. The van der Waals surface area contributed by atoms with E-state index in [1.807, 2.05) is 12.1 Å². The van der Waals surface area contributed by atoms with Gasteiger partial charge >= 0.3 is 5.69 Å². The first kappa shape index (κ1) is 53.5. The number of piperazine rings is 1. The van der Waals surface area contributed by atoms with Crippen molar-refractivity contribution in [3.05, 3.63) is 124 Å². The summed E-state index contributed by atoms with van der Waals surface area (Å²) >= 11 is 0. The third-order valence-corrected chi connectivity index (χ3v) is 17.7. The van der Waals surface area contributed by atoms with E-state index in [9.17, 15) is 32.8 Å². The predicted molar refractivity (Wildman–Crippen MR) is 289 cm³/mol. The minimum absolute atomic E-state index is 0.00191. The SMILES string of the molecule is COc1ccc(CN2CCN(C3CC4(CCN(c5ccc(C(=O)NS(=O)(=O)c6cnc(NCC7CCC(C)(O)CC7)c([N+](=O)[O-])c6)c(Oc6cnc7[nH]cc(F)c7c6)c5)CC4)C3)[C@H](c3ccccc3C(C)C)C2)nc1OC. The second-order valence-electron chi connectivity index (χ2n) is 21.9. The number of carbonyl (C=O) groups excluding carboxylic acids is 1. The summed E-state index contributed by atoms with van der Waals surface area (Å²) < 4.78 is 61.7. The Hall–Kier alpha value is -6.94. The van der Waals surface area contributed by atoms with E-state index in [1.54, 1.807) is 33.3 Å². The highest BCUT2D eigenvalue weighted by molar-refractivity contribution is 7.90. The van der Waals surface area contributed by atoms with E-state index in [0.717, 1.165) is 82.1 Å². The third kappa shape index (κ3) is 11.5. The number of nitrogens with one attached hydrogen (secondary N) is 3. The average molecular weight is 1080 g/mol. The highest BCUT2D eigenvalue weighted by atomic mass is 32.2. The van der Waals surface area contributed by atoms with Gasteiger partial charge in [0, 0.05) is 81.9 Å². The molecule has 2 aliphatic carbocycles. The number of halogens is 1. The van der Waals surface area contributed by atoms with Crippen molar-refractivity contribution in [2.45, 2.75) is 107 Å². The number of rotatable bonds is 17. The van der Waals surface area contributed by atoms with Crippen molar-refractivity contribution in [1.29, 1.82) is 0 Å². The van der Waals surface area contributed by atoms with Gasteiger partial charge in [-0.2, -0.15) is 0 Å². The molecule has 6 aromatic rings. The molecule has 1 amide bonds. The summed E-state index contributed by atoms with van der Waals surface area (Å²) in [6.07, 6.45) is 10.2. The van der Waals surface area contributed by atoms with Crippen LogP contribution in [0.2, 0.25) is 0 Å². The number of hydrogen-bond acceptors (Lipinski definition) is 16. The molecule has 1 spiro atoms. The van der Waals surface area contributed by atoms with Crippen LogP contribution >= 0.6 is 0 Å². The molecule has 408 valence electrons. The minimum Gasteiger partial charge on any atom is -0.491 e. The molecule has 19 nitrogen and oxygen atoms in total. The Labute approximate surface area is 447 Å². The van der Waals surface area contributed by atoms with Gasteiger partial charge in [0.15, 0.2) is 5.75 Å². The summed E-state index contributed by atoms with van der Waals surface area (Å²) in [6.45, 7) is 11.5. The Kier molecular flexibility index (Phi) is 15.2. The van der Waals surface area contributed by atoms with Crippen LogP contribution in [0.25, 0.3) is 11.0 Å². The zero-order valence-corrected chi connectivity index (χ0v) is 44.9. The van der Waals surface area contributed by atoms with Crippen LogP contribution in [0.1, 0.15) is 111 Å². The number of ether oxygens (including phenoxy) is 3. The summed E-state index contributed by atoms with van der Waals surface area (Å²) in [5.74, 6) is -0.0280. The van der Waals surface area contributed by atoms with Gasteiger partial charge in [-0.3, -0.25) is 24.7 Å². The monoisotopic (exact) mass is 1070 g/mol. The third-order valence-electron chi connectivity index (χ3n) is 16.4.